The molecule has 1 N–H and O–H groups in total. The number of carbonyl (C=O) groups excluding carboxylic acids is 1. The van der Waals surface area contributed by atoms with Gasteiger partial charge in [-0.2, -0.15) is 0 Å². The van der Waals surface area contributed by atoms with Crippen LogP contribution < -0.4 is 5.32 Å². The average molecular weight is 238 g/mol. The van der Waals surface area contributed by atoms with Crippen LogP contribution in [-0.4, -0.2) is 16.0 Å². The Kier molecular flexibility index (Phi) is 2.87. The van der Waals surface area contributed by atoms with E-state index in [4.69, 9.17) is 16.1 Å². The fraction of sp³-hybridized carbons (Fsp3) is 0.100. The molecular formula is C10H8ClN3O2. The van der Waals surface area contributed by atoms with Gasteiger partial charge in [-0.25, -0.2) is 0 Å². The van der Waals surface area contributed by atoms with Gasteiger partial charge in [0.15, 0.2) is 5.82 Å². The second kappa shape index (κ2) is 4.32. The highest BCUT2D eigenvalue weighted by atomic mass is 35.5. The van der Waals surface area contributed by atoms with Crippen LogP contribution in [0.4, 0.5) is 5.82 Å². The summed E-state index contributed by atoms with van der Waals surface area (Å²) in [6.45, 7) is 1.74. The minimum atomic E-state index is -0.347. The van der Waals surface area contributed by atoms with E-state index in [-0.39, 0.29) is 5.91 Å². The number of carbonyl (C=O) groups is 1. The number of amides is 1. The SMILES string of the molecule is Cc1cc(NC(=O)c2ccncc2Cl)no1. The Labute approximate surface area is 96.4 Å². The Morgan fingerprint density at radius 1 is 1.56 bits per heavy atom. The van der Waals surface area contributed by atoms with E-state index in [2.05, 4.69) is 15.5 Å². The molecule has 0 radical (unpaired) electrons. The van der Waals surface area contributed by atoms with Crippen LogP contribution in [0.2, 0.25) is 5.02 Å². The van der Waals surface area contributed by atoms with Crippen molar-refractivity contribution in [1.82, 2.24) is 10.1 Å². The molecule has 2 aromatic rings. The van der Waals surface area contributed by atoms with Gasteiger partial charge in [0.2, 0.25) is 0 Å². The second-order valence-electron chi connectivity index (χ2n) is 3.13. The van der Waals surface area contributed by atoms with Crippen molar-refractivity contribution in [2.45, 2.75) is 6.92 Å². The zero-order valence-corrected chi connectivity index (χ0v) is 9.15. The molecule has 0 aliphatic heterocycles. The highest BCUT2D eigenvalue weighted by Gasteiger charge is 2.11. The molecule has 0 unspecified atom stereocenters. The summed E-state index contributed by atoms with van der Waals surface area (Å²) in [6, 6.07) is 3.15. The van der Waals surface area contributed by atoms with E-state index in [0.717, 1.165) is 0 Å². The molecule has 0 bridgehead atoms. The van der Waals surface area contributed by atoms with E-state index < -0.39 is 0 Å². The van der Waals surface area contributed by atoms with Gasteiger partial charge in [0.25, 0.3) is 5.91 Å². The van der Waals surface area contributed by atoms with E-state index in [1.54, 1.807) is 13.0 Å². The molecule has 5 nitrogen and oxygen atoms in total. The number of nitrogens with zero attached hydrogens (tertiary/aromatic N) is 2. The Bertz CT molecular complexity index is 524. The van der Waals surface area contributed by atoms with Gasteiger partial charge in [0, 0.05) is 18.5 Å². The lowest BCUT2D eigenvalue weighted by atomic mass is 10.2. The monoisotopic (exact) mass is 237 g/mol. The maximum atomic E-state index is 11.7. The van der Waals surface area contributed by atoms with Gasteiger partial charge in [0.05, 0.1) is 10.6 Å². The molecule has 2 aromatic heterocycles. The van der Waals surface area contributed by atoms with Crippen LogP contribution in [-0.2, 0) is 0 Å². The quantitative estimate of drug-likeness (QED) is 0.870. The molecule has 0 fully saturated rings. The van der Waals surface area contributed by atoms with Gasteiger partial charge in [-0.15, -0.1) is 0 Å². The molecule has 16 heavy (non-hydrogen) atoms. The molecule has 0 saturated carbocycles. The summed E-state index contributed by atoms with van der Waals surface area (Å²) in [6.07, 6.45) is 2.90. The summed E-state index contributed by atoms with van der Waals surface area (Å²) in [5.41, 5.74) is 0.345. The molecule has 0 aromatic carbocycles. The molecule has 1 amide bonds. The summed E-state index contributed by atoms with van der Waals surface area (Å²) in [4.78, 5) is 15.5. The molecule has 0 aliphatic rings. The number of aromatic nitrogens is 2. The number of anilines is 1. The van der Waals surface area contributed by atoms with Crippen LogP contribution in [0.5, 0.6) is 0 Å². The van der Waals surface area contributed by atoms with Gasteiger partial charge in [-0.1, -0.05) is 16.8 Å². The normalized spacial score (nSPS) is 10.1. The highest BCUT2D eigenvalue weighted by Crippen LogP contribution is 2.15. The average Bonchev–Trinajstić information content (AvgIpc) is 2.64. The number of hydrogen-bond donors (Lipinski definition) is 1. The maximum absolute atomic E-state index is 11.7. The van der Waals surface area contributed by atoms with Crippen LogP contribution in [0, 0.1) is 6.92 Å². The minimum Gasteiger partial charge on any atom is -0.360 e. The molecular weight excluding hydrogens is 230 g/mol. The van der Waals surface area contributed by atoms with Crippen molar-refractivity contribution in [2.24, 2.45) is 0 Å². The first-order valence-corrected chi connectivity index (χ1v) is 4.89. The van der Waals surface area contributed by atoms with Crippen molar-refractivity contribution in [3.8, 4) is 0 Å². The fourth-order valence-electron chi connectivity index (χ4n) is 1.17. The Morgan fingerprint density at radius 3 is 3.00 bits per heavy atom. The lowest BCUT2D eigenvalue weighted by Crippen LogP contribution is -2.12. The maximum Gasteiger partial charge on any atom is 0.258 e. The van der Waals surface area contributed by atoms with Crippen LogP contribution in [0.15, 0.2) is 29.0 Å². The van der Waals surface area contributed by atoms with E-state index in [0.29, 0.717) is 22.2 Å². The molecule has 2 rings (SSSR count). The third-order valence-electron chi connectivity index (χ3n) is 1.89. The van der Waals surface area contributed by atoms with Crippen LogP contribution >= 0.6 is 11.6 Å². The Morgan fingerprint density at radius 2 is 2.38 bits per heavy atom. The van der Waals surface area contributed by atoms with Crippen molar-refractivity contribution in [1.29, 1.82) is 0 Å². The van der Waals surface area contributed by atoms with Crippen molar-refractivity contribution < 1.29 is 9.32 Å². The molecule has 0 saturated heterocycles. The van der Waals surface area contributed by atoms with Gasteiger partial charge < -0.3 is 9.84 Å². The van der Waals surface area contributed by atoms with Gasteiger partial charge >= 0.3 is 0 Å². The number of pyridine rings is 1. The first-order chi connectivity index (χ1) is 7.66. The van der Waals surface area contributed by atoms with Crippen molar-refractivity contribution in [2.75, 3.05) is 5.32 Å². The van der Waals surface area contributed by atoms with E-state index in [1.807, 2.05) is 0 Å². The first-order valence-electron chi connectivity index (χ1n) is 4.51. The van der Waals surface area contributed by atoms with Crippen LogP contribution in [0.3, 0.4) is 0 Å². The number of hydrogen-bond acceptors (Lipinski definition) is 4. The smallest absolute Gasteiger partial charge is 0.258 e. The van der Waals surface area contributed by atoms with Gasteiger partial charge in [-0.3, -0.25) is 9.78 Å². The van der Waals surface area contributed by atoms with Gasteiger partial charge in [0.1, 0.15) is 5.76 Å². The zero-order chi connectivity index (χ0) is 11.5. The molecule has 0 spiro atoms. The fourth-order valence-corrected chi connectivity index (χ4v) is 1.37. The summed E-state index contributed by atoms with van der Waals surface area (Å²) in [5, 5.41) is 6.50. The molecule has 82 valence electrons. The predicted octanol–water partition coefficient (Wildman–Crippen LogP) is 2.28. The summed E-state index contributed by atoms with van der Waals surface area (Å²) in [7, 11) is 0. The number of aryl methyl sites for hydroxylation is 1. The second-order valence-corrected chi connectivity index (χ2v) is 3.54. The summed E-state index contributed by atoms with van der Waals surface area (Å²) < 4.78 is 4.82. The lowest BCUT2D eigenvalue weighted by Gasteiger charge is -2.02. The Balaban J connectivity index is 2.18. The lowest BCUT2D eigenvalue weighted by molar-refractivity contribution is 0.102. The van der Waals surface area contributed by atoms with Crippen molar-refractivity contribution in [3.63, 3.8) is 0 Å². The molecule has 2 heterocycles. The predicted molar refractivity (Wildman–Crippen MR) is 58.4 cm³/mol. The van der Waals surface area contributed by atoms with E-state index in [1.165, 1.54) is 18.5 Å². The number of rotatable bonds is 2. The first kappa shape index (κ1) is 10.6. The Hall–Kier alpha value is -1.88. The van der Waals surface area contributed by atoms with Crippen molar-refractivity contribution in [3.05, 3.63) is 40.9 Å². The molecule has 6 heteroatoms. The topological polar surface area (TPSA) is 68.0 Å². The standard InChI is InChI=1S/C10H8ClN3O2/c1-6-4-9(14-16-6)13-10(15)7-2-3-12-5-8(7)11/h2-5H,1H3,(H,13,14,15). The zero-order valence-electron chi connectivity index (χ0n) is 8.40. The van der Waals surface area contributed by atoms with Crippen molar-refractivity contribution >= 4 is 23.3 Å². The van der Waals surface area contributed by atoms with Gasteiger partial charge in [-0.05, 0) is 13.0 Å². The third kappa shape index (κ3) is 2.20. The highest BCUT2D eigenvalue weighted by molar-refractivity contribution is 6.34. The molecule has 0 aliphatic carbocycles. The van der Waals surface area contributed by atoms with E-state index in [9.17, 15) is 4.79 Å². The van der Waals surface area contributed by atoms with Crippen LogP contribution in [0.1, 0.15) is 16.1 Å². The third-order valence-corrected chi connectivity index (χ3v) is 2.19. The summed E-state index contributed by atoms with van der Waals surface area (Å²) >= 11 is 5.82. The van der Waals surface area contributed by atoms with Crippen LogP contribution in [0.25, 0.3) is 0 Å². The number of nitrogens with one attached hydrogen (secondary N) is 1. The minimum absolute atomic E-state index is 0.292. The largest absolute Gasteiger partial charge is 0.360 e. The molecule has 0 atom stereocenters. The number of halogens is 1. The van der Waals surface area contributed by atoms with E-state index >= 15 is 0 Å². The summed E-state index contributed by atoms with van der Waals surface area (Å²) in [5.74, 6) is 0.632.